The first-order valence-electron chi connectivity index (χ1n) is 10.6. The third-order valence-electron chi connectivity index (χ3n) is 7.20. The van der Waals surface area contributed by atoms with Gasteiger partial charge in [-0.3, -0.25) is 4.79 Å². The molecular formula is C23H30N2O2. The molecule has 0 radical (unpaired) electrons. The highest BCUT2D eigenvalue weighted by Gasteiger charge is 2.42. The van der Waals surface area contributed by atoms with Crippen LogP contribution < -0.4 is 0 Å². The number of piperidine rings is 1. The molecule has 4 heteroatoms. The van der Waals surface area contributed by atoms with Crippen LogP contribution in [-0.4, -0.2) is 41.2 Å². The number of benzene rings is 1. The zero-order valence-electron chi connectivity index (χ0n) is 16.5. The van der Waals surface area contributed by atoms with Crippen LogP contribution in [-0.2, 0) is 23.0 Å². The minimum Gasteiger partial charge on any atom is -0.462 e. The van der Waals surface area contributed by atoms with E-state index in [-0.39, 0.29) is 18.0 Å². The summed E-state index contributed by atoms with van der Waals surface area (Å²) in [5.74, 6) is 0.461. The number of ether oxygens (including phenoxy) is 1. The first kappa shape index (κ1) is 17.3. The summed E-state index contributed by atoms with van der Waals surface area (Å²) in [5, 5.41) is 1.43. The van der Waals surface area contributed by atoms with Crippen molar-refractivity contribution < 1.29 is 9.53 Å². The van der Waals surface area contributed by atoms with Gasteiger partial charge < -0.3 is 14.2 Å². The van der Waals surface area contributed by atoms with Crippen LogP contribution >= 0.6 is 0 Å². The maximum atomic E-state index is 12.9. The van der Waals surface area contributed by atoms with E-state index in [1.54, 1.807) is 0 Å². The molecule has 1 saturated heterocycles. The molecule has 0 spiro atoms. The SMILES string of the molecule is CN1C[C@H](C(=O)OC2CCCCC2)CC2c3cccc4c3c(cn4C)CC21. The molecule has 3 aliphatic rings. The first-order chi connectivity index (χ1) is 13.1. The molecule has 2 fully saturated rings. The van der Waals surface area contributed by atoms with Crippen molar-refractivity contribution in [2.45, 2.75) is 63.0 Å². The van der Waals surface area contributed by atoms with Gasteiger partial charge in [-0.15, -0.1) is 0 Å². The fraction of sp³-hybridized carbons (Fsp3) is 0.609. The average Bonchev–Trinajstić information content (AvgIpc) is 3.00. The minimum absolute atomic E-state index is 0.00121. The van der Waals surface area contributed by atoms with Crippen molar-refractivity contribution in [3.8, 4) is 0 Å². The molecule has 5 rings (SSSR count). The number of nitrogens with zero attached hydrogens (tertiary/aromatic N) is 2. The van der Waals surface area contributed by atoms with Gasteiger partial charge in [0.25, 0.3) is 0 Å². The average molecular weight is 367 g/mol. The van der Waals surface area contributed by atoms with Gasteiger partial charge in [-0.25, -0.2) is 0 Å². The summed E-state index contributed by atoms with van der Waals surface area (Å²) in [6, 6.07) is 7.16. The summed E-state index contributed by atoms with van der Waals surface area (Å²) >= 11 is 0. The molecule has 0 N–H and O–H groups in total. The third-order valence-corrected chi connectivity index (χ3v) is 7.20. The number of esters is 1. The highest BCUT2D eigenvalue weighted by atomic mass is 16.5. The monoisotopic (exact) mass is 366 g/mol. The molecule has 2 aliphatic carbocycles. The number of aryl methyl sites for hydroxylation is 1. The van der Waals surface area contributed by atoms with Crippen LogP contribution in [0.25, 0.3) is 10.9 Å². The van der Waals surface area contributed by atoms with Gasteiger partial charge in [-0.2, -0.15) is 0 Å². The Bertz CT molecular complexity index is 865. The van der Waals surface area contributed by atoms with Gasteiger partial charge in [-0.05, 0) is 62.8 Å². The summed E-state index contributed by atoms with van der Waals surface area (Å²) in [7, 11) is 4.32. The second-order valence-corrected chi connectivity index (χ2v) is 8.95. The van der Waals surface area contributed by atoms with Crippen molar-refractivity contribution >= 4 is 16.9 Å². The molecule has 0 bridgehead atoms. The molecule has 1 saturated carbocycles. The Morgan fingerprint density at radius 1 is 1.15 bits per heavy atom. The predicted octanol–water partition coefficient (Wildman–Crippen LogP) is 4.01. The van der Waals surface area contributed by atoms with Crippen molar-refractivity contribution in [3.63, 3.8) is 0 Å². The van der Waals surface area contributed by atoms with E-state index in [1.165, 1.54) is 41.3 Å². The van der Waals surface area contributed by atoms with E-state index >= 15 is 0 Å². The van der Waals surface area contributed by atoms with E-state index in [1.807, 2.05) is 0 Å². The van der Waals surface area contributed by atoms with Gasteiger partial charge in [0.2, 0.25) is 0 Å². The summed E-state index contributed by atoms with van der Waals surface area (Å²) in [5.41, 5.74) is 4.20. The van der Waals surface area contributed by atoms with Crippen LogP contribution in [0.2, 0.25) is 0 Å². The van der Waals surface area contributed by atoms with E-state index in [2.05, 4.69) is 48.0 Å². The number of likely N-dealkylation sites (N-methyl/N-ethyl adjacent to an activating group) is 1. The number of carbonyl (C=O) groups is 1. The van der Waals surface area contributed by atoms with Crippen molar-refractivity contribution in [1.29, 1.82) is 0 Å². The Balaban J connectivity index is 1.41. The molecule has 1 aromatic carbocycles. The molecule has 1 aromatic heterocycles. The number of carbonyl (C=O) groups excluding carboxylic acids is 1. The largest absolute Gasteiger partial charge is 0.462 e. The van der Waals surface area contributed by atoms with E-state index < -0.39 is 0 Å². The summed E-state index contributed by atoms with van der Waals surface area (Å²) < 4.78 is 8.19. The van der Waals surface area contributed by atoms with E-state index in [4.69, 9.17) is 4.74 Å². The Kier molecular flexibility index (Phi) is 4.27. The molecular weight excluding hydrogens is 336 g/mol. The van der Waals surface area contributed by atoms with Crippen LogP contribution in [0.15, 0.2) is 24.4 Å². The van der Waals surface area contributed by atoms with Crippen molar-refractivity contribution in [3.05, 3.63) is 35.5 Å². The van der Waals surface area contributed by atoms with E-state index in [0.29, 0.717) is 12.0 Å². The van der Waals surface area contributed by atoms with Crippen molar-refractivity contribution in [2.75, 3.05) is 13.6 Å². The number of hydrogen-bond donors (Lipinski definition) is 0. The molecule has 0 amide bonds. The lowest BCUT2D eigenvalue weighted by Gasteiger charge is -2.45. The number of fused-ring (bicyclic) bond motifs is 2. The Morgan fingerprint density at radius 2 is 1.96 bits per heavy atom. The van der Waals surface area contributed by atoms with Crippen LogP contribution in [0.5, 0.6) is 0 Å². The highest BCUT2D eigenvalue weighted by molar-refractivity contribution is 5.89. The fourth-order valence-corrected chi connectivity index (χ4v) is 5.83. The Labute approximate surface area is 161 Å². The van der Waals surface area contributed by atoms with Gasteiger partial charge in [0.05, 0.1) is 5.92 Å². The Hall–Kier alpha value is -1.81. The fourth-order valence-electron chi connectivity index (χ4n) is 5.83. The smallest absolute Gasteiger partial charge is 0.310 e. The molecule has 1 aliphatic heterocycles. The molecule has 144 valence electrons. The second kappa shape index (κ2) is 6.66. The molecule has 2 unspecified atom stereocenters. The standard InChI is InChI=1S/C23H30N2O2/c1-24-13-15-12-21-19(18-9-6-10-20(24)22(15)18)11-16(14-25(21)2)23(26)27-17-7-4-3-5-8-17/h6,9-10,13,16-17,19,21H,3-5,7-8,11-12,14H2,1-2H3/t16-,19?,21?/m1/s1. The maximum absolute atomic E-state index is 12.9. The van der Waals surface area contributed by atoms with Gasteiger partial charge >= 0.3 is 5.97 Å². The number of hydrogen-bond acceptors (Lipinski definition) is 3. The zero-order chi connectivity index (χ0) is 18.5. The van der Waals surface area contributed by atoms with Crippen LogP contribution in [0.1, 0.15) is 55.6 Å². The lowest BCUT2D eigenvalue weighted by atomic mass is 9.72. The van der Waals surface area contributed by atoms with Gasteiger partial charge in [0.1, 0.15) is 6.10 Å². The predicted molar refractivity (Wildman–Crippen MR) is 107 cm³/mol. The van der Waals surface area contributed by atoms with Crippen molar-refractivity contribution in [2.24, 2.45) is 13.0 Å². The van der Waals surface area contributed by atoms with Gasteiger partial charge in [-0.1, -0.05) is 18.6 Å². The number of rotatable bonds is 2. The lowest BCUT2D eigenvalue weighted by Crippen LogP contribution is -2.50. The molecule has 3 atom stereocenters. The Morgan fingerprint density at radius 3 is 2.78 bits per heavy atom. The number of aromatic nitrogens is 1. The summed E-state index contributed by atoms with van der Waals surface area (Å²) in [6.45, 7) is 0.824. The summed E-state index contributed by atoms with van der Waals surface area (Å²) in [6.07, 6.45) is 10.2. The molecule has 27 heavy (non-hydrogen) atoms. The second-order valence-electron chi connectivity index (χ2n) is 8.95. The summed E-state index contributed by atoms with van der Waals surface area (Å²) in [4.78, 5) is 15.3. The molecule has 4 nitrogen and oxygen atoms in total. The molecule has 2 heterocycles. The van der Waals surface area contributed by atoms with Gasteiger partial charge in [0.15, 0.2) is 0 Å². The number of likely N-dealkylation sites (tertiary alicyclic amines) is 1. The minimum atomic E-state index is -0.00121. The third kappa shape index (κ3) is 2.89. The van der Waals surface area contributed by atoms with Crippen LogP contribution in [0.3, 0.4) is 0 Å². The topological polar surface area (TPSA) is 34.5 Å². The van der Waals surface area contributed by atoms with E-state index in [0.717, 1.165) is 32.2 Å². The first-order valence-corrected chi connectivity index (χ1v) is 10.6. The van der Waals surface area contributed by atoms with E-state index in [9.17, 15) is 4.79 Å². The van der Waals surface area contributed by atoms with Gasteiger partial charge in [0, 0.05) is 42.7 Å². The van der Waals surface area contributed by atoms with Crippen molar-refractivity contribution in [1.82, 2.24) is 9.47 Å². The highest BCUT2D eigenvalue weighted by Crippen LogP contribution is 2.45. The molecule has 2 aromatic rings. The lowest BCUT2D eigenvalue weighted by molar-refractivity contribution is -0.158. The normalized spacial score (nSPS) is 28.9. The quantitative estimate of drug-likeness (QED) is 0.753. The zero-order valence-corrected chi connectivity index (χ0v) is 16.5. The maximum Gasteiger partial charge on any atom is 0.310 e. The van der Waals surface area contributed by atoms with Crippen LogP contribution in [0, 0.1) is 5.92 Å². The van der Waals surface area contributed by atoms with Crippen LogP contribution in [0.4, 0.5) is 0 Å².